The molecule has 2 saturated heterocycles. The SMILES string of the molecule is Cc1cc(C2CCNCC2)oc(=O)c1C(=O)Nc1cccc(N2CCNC2=O)c1. The number of carbonyl (C=O) groups is 2. The summed E-state index contributed by atoms with van der Waals surface area (Å²) in [6.07, 6.45) is 1.82. The molecule has 2 fully saturated rings. The van der Waals surface area contributed by atoms with Gasteiger partial charge in [-0.3, -0.25) is 9.69 Å². The van der Waals surface area contributed by atoms with Crippen LogP contribution in [0.25, 0.3) is 0 Å². The molecule has 0 radical (unpaired) electrons. The molecular formula is C21H24N4O4. The average molecular weight is 396 g/mol. The molecule has 2 aliphatic rings. The number of rotatable bonds is 4. The van der Waals surface area contributed by atoms with Gasteiger partial charge in [-0.15, -0.1) is 0 Å². The molecule has 3 heterocycles. The minimum Gasteiger partial charge on any atom is -0.427 e. The molecule has 2 aromatic rings. The minimum absolute atomic E-state index is 0.00648. The molecule has 1 aromatic carbocycles. The van der Waals surface area contributed by atoms with Crippen LogP contribution in [-0.2, 0) is 0 Å². The fourth-order valence-corrected chi connectivity index (χ4v) is 3.88. The Balaban J connectivity index is 1.54. The average Bonchev–Trinajstić information content (AvgIpc) is 3.14. The van der Waals surface area contributed by atoms with E-state index in [0.29, 0.717) is 35.8 Å². The Kier molecular flexibility index (Phi) is 5.35. The predicted molar refractivity (Wildman–Crippen MR) is 110 cm³/mol. The van der Waals surface area contributed by atoms with Crippen LogP contribution in [0, 0.1) is 6.92 Å². The summed E-state index contributed by atoms with van der Waals surface area (Å²) in [5.74, 6) is 0.326. The number of anilines is 2. The van der Waals surface area contributed by atoms with Gasteiger partial charge in [-0.05, 0) is 62.7 Å². The van der Waals surface area contributed by atoms with Crippen molar-refractivity contribution in [3.8, 4) is 0 Å². The number of hydrogen-bond acceptors (Lipinski definition) is 5. The minimum atomic E-state index is -0.619. The van der Waals surface area contributed by atoms with Gasteiger partial charge in [-0.2, -0.15) is 0 Å². The van der Waals surface area contributed by atoms with E-state index in [0.717, 1.165) is 25.9 Å². The Morgan fingerprint density at radius 3 is 2.66 bits per heavy atom. The molecule has 0 saturated carbocycles. The molecule has 2 aliphatic heterocycles. The summed E-state index contributed by atoms with van der Waals surface area (Å²) >= 11 is 0. The number of aryl methyl sites for hydroxylation is 1. The number of nitrogens with one attached hydrogen (secondary N) is 3. The Morgan fingerprint density at radius 2 is 1.97 bits per heavy atom. The highest BCUT2D eigenvalue weighted by molar-refractivity contribution is 6.05. The zero-order valence-corrected chi connectivity index (χ0v) is 16.3. The summed E-state index contributed by atoms with van der Waals surface area (Å²) in [7, 11) is 0. The second-order valence-corrected chi connectivity index (χ2v) is 7.41. The first-order valence-corrected chi connectivity index (χ1v) is 9.85. The molecule has 29 heavy (non-hydrogen) atoms. The van der Waals surface area contributed by atoms with Gasteiger partial charge < -0.3 is 20.4 Å². The van der Waals surface area contributed by atoms with Gasteiger partial charge in [-0.25, -0.2) is 9.59 Å². The van der Waals surface area contributed by atoms with Gasteiger partial charge in [0.05, 0.1) is 0 Å². The predicted octanol–water partition coefficient (Wildman–Crippen LogP) is 2.20. The molecule has 0 aliphatic carbocycles. The molecule has 0 bridgehead atoms. The van der Waals surface area contributed by atoms with Crippen molar-refractivity contribution in [3.63, 3.8) is 0 Å². The van der Waals surface area contributed by atoms with E-state index in [1.165, 1.54) is 0 Å². The van der Waals surface area contributed by atoms with Crippen molar-refractivity contribution >= 4 is 23.3 Å². The molecule has 3 amide bonds. The Bertz CT molecular complexity index is 994. The van der Waals surface area contributed by atoms with Crippen molar-refractivity contribution in [3.05, 3.63) is 57.6 Å². The van der Waals surface area contributed by atoms with Crippen molar-refractivity contribution < 1.29 is 14.0 Å². The maximum Gasteiger partial charge on any atom is 0.349 e. The topological polar surface area (TPSA) is 104 Å². The van der Waals surface area contributed by atoms with Gasteiger partial charge in [0.15, 0.2) is 0 Å². The maximum absolute atomic E-state index is 12.8. The molecule has 0 spiro atoms. The number of urea groups is 1. The van der Waals surface area contributed by atoms with Crippen LogP contribution < -0.4 is 26.5 Å². The van der Waals surface area contributed by atoms with Gasteiger partial charge in [0, 0.05) is 30.4 Å². The number of amides is 3. The van der Waals surface area contributed by atoms with Crippen molar-refractivity contribution in [2.24, 2.45) is 0 Å². The highest BCUT2D eigenvalue weighted by Crippen LogP contribution is 2.26. The molecule has 3 N–H and O–H groups in total. The summed E-state index contributed by atoms with van der Waals surface area (Å²) in [6, 6.07) is 8.62. The third kappa shape index (κ3) is 4.02. The Morgan fingerprint density at radius 1 is 1.17 bits per heavy atom. The lowest BCUT2D eigenvalue weighted by molar-refractivity contribution is 0.102. The molecule has 0 atom stereocenters. The van der Waals surface area contributed by atoms with E-state index in [1.54, 1.807) is 42.2 Å². The second kappa shape index (κ2) is 8.08. The first kappa shape index (κ1) is 19.2. The quantitative estimate of drug-likeness (QED) is 0.735. The Labute approximate surface area is 168 Å². The van der Waals surface area contributed by atoms with Crippen LogP contribution >= 0.6 is 0 Å². The lowest BCUT2D eigenvalue weighted by atomic mass is 9.94. The number of nitrogens with zero attached hydrogens (tertiary/aromatic N) is 1. The summed E-state index contributed by atoms with van der Waals surface area (Å²) in [5.41, 5.74) is 1.18. The highest BCUT2D eigenvalue weighted by Gasteiger charge is 2.24. The smallest absolute Gasteiger partial charge is 0.349 e. The molecule has 8 heteroatoms. The van der Waals surface area contributed by atoms with Crippen LogP contribution in [0.5, 0.6) is 0 Å². The van der Waals surface area contributed by atoms with Gasteiger partial charge in [0.2, 0.25) is 0 Å². The lowest BCUT2D eigenvalue weighted by Crippen LogP contribution is -2.28. The summed E-state index contributed by atoms with van der Waals surface area (Å²) < 4.78 is 5.50. The van der Waals surface area contributed by atoms with Crippen molar-refractivity contribution in [2.75, 3.05) is 36.4 Å². The third-order valence-corrected chi connectivity index (χ3v) is 5.41. The van der Waals surface area contributed by atoms with E-state index >= 15 is 0 Å². The molecule has 8 nitrogen and oxygen atoms in total. The number of piperidine rings is 1. The zero-order valence-electron chi connectivity index (χ0n) is 16.3. The van der Waals surface area contributed by atoms with Crippen molar-refractivity contribution in [1.82, 2.24) is 10.6 Å². The third-order valence-electron chi connectivity index (χ3n) is 5.41. The fraction of sp³-hybridized carbons (Fsp3) is 0.381. The molecule has 0 unspecified atom stereocenters. The van der Waals surface area contributed by atoms with Crippen LogP contribution in [-0.4, -0.2) is 38.1 Å². The van der Waals surface area contributed by atoms with Crippen molar-refractivity contribution in [2.45, 2.75) is 25.7 Å². The molecular weight excluding hydrogens is 372 g/mol. The molecule has 152 valence electrons. The summed E-state index contributed by atoms with van der Waals surface area (Å²) in [5, 5.41) is 8.78. The van der Waals surface area contributed by atoms with E-state index < -0.39 is 11.5 Å². The van der Waals surface area contributed by atoms with Crippen molar-refractivity contribution in [1.29, 1.82) is 0 Å². The zero-order chi connectivity index (χ0) is 20.4. The van der Waals surface area contributed by atoms with E-state index in [4.69, 9.17) is 4.42 Å². The molecule has 1 aromatic heterocycles. The summed E-state index contributed by atoms with van der Waals surface area (Å²) in [6.45, 7) is 4.68. The van der Waals surface area contributed by atoms with E-state index in [-0.39, 0.29) is 17.5 Å². The van der Waals surface area contributed by atoms with Crippen LogP contribution in [0.1, 0.15) is 40.4 Å². The number of carbonyl (C=O) groups excluding carboxylic acids is 2. The number of benzene rings is 1. The molecule has 4 rings (SSSR count). The lowest BCUT2D eigenvalue weighted by Gasteiger charge is -2.22. The summed E-state index contributed by atoms with van der Waals surface area (Å²) in [4.78, 5) is 38.8. The van der Waals surface area contributed by atoms with Gasteiger partial charge in [0.1, 0.15) is 11.3 Å². The van der Waals surface area contributed by atoms with Gasteiger partial charge in [0.25, 0.3) is 5.91 Å². The van der Waals surface area contributed by atoms with Crippen LogP contribution in [0.15, 0.2) is 39.5 Å². The van der Waals surface area contributed by atoms with E-state index in [1.807, 2.05) is 0 Å². The largest absolute Gasteiger partial charge is 0.427 e. The standard InChI is InChI=1S/C21H24N4O4/c1-13-11-17(14-5-7-22-8-6-14)29-20(27)18(13)19(26)24-15-3-2-4-16(12-15)25-10-9-23-21(25)28/h2-4,11-12,14,22H,5-10H2,1H3,(H,23,28)(H,24,26). The van der Waals surface area contributed by atoms with Crippen LogP contribution in [0.2, 0.25) is 0 Å². The van der Waals surface area contributed by atoms with Gasteiger partial charge in [-0.1, -0.05) is 6.07 Å². The fourth-order valence-electron chi connectivity index (χ4n) is 3.88. The van der Waals surface area contributed by atoms with Crippen LogP contribution in [0.3, 0.4) is 0 Å². The second-order valence-electron chi connectivity index (χ2n) is 7.41. The van der Waals surface area contributed by atoms with Crippen LogP contribution in [0.4, 0.5) is 16.2 Å². The maximum atomic E-state index is 12.8. The van der Waals surface area contributed by atoms with Gasteiger partial charge >= 0.3 is 11.7 Å². The Hall–Kier alpha value is -3.13. The highest BCUT2D eigenvalue weighted by atomic mass is 16.4. The number of hydrogen-bond donors (Lipinski definition) is 3. The first-order valence-electron chi connectivity index (χ1n) is 9.85. The van der Waals surface area contributed by atoms with E-state index in [9.17, 15) is 14.4 Å². The monoisotopic (exact) mass is 396 g/mol. The van der Waals surface area contributed by atoms with E-state index in [2.05, 4.69) is 16.0 Å². The normalized spacial score (nSPS) is 17.3. The first-order chi connectivity index (χ1) is 14.0.